The zero-order chi connectivity index (χ0) is 30.9. The van der Waals surface area contributed by atoms with Crippen LogP contribution in [-0.2, 0) is 9.59 Å². The molecule has 3 N–H and O–H groups in total. The summed E-state index contributed by atoms with van der Waals surface area (Å²) in [4.78, 5) is 32.2. The molecule has 0 spiro atoms. The Morgan fingerprint density at radius 3 is 2.53 bits per heavy atom. The quantitative estimate of drug-likeness (QED) is 0.257. The van der Waals surface area contributed by atoms with Crippen molar-refractivity contribution in [1.29, 1.82) is 5.26 Å². The molecule has 1 aromatic heterocycles. The molecule has 43 heavy (non-hydrogen) atoms. The van der Waals surface area contributed by atoms with Gasteiger partial charge in [0.1, 0.15) is 23.6 Å². The number of piperazine rings is 1. The lowest BCUT2D eigenvalue weighted by Crippen LogP contribution is -2.66. The summed E-state index contributed by atoms with van der Waals surface area (Å²) in [5.41, 5.74) is -0.146. The number of hydrogen-bond donors (Lipinski definition) is 3. The fourth-order valence-corrected chi connectivity index (χ4v) is 5.30. The molecular formula is C28H24ClF4N7O3. The number of hydroxylamine groups is 1. The van der Waals surface area contributed by atoms with Crippen LogP contribution in [0.4, 0.5) is 29.1 Å². The lowest BCUT2D eigenvalue weighted by Gasteiger charge is -2.46. The normalized spacial score (nSPS) is 19.0. The zero-order valence-corrected chi connectivity index (χ0v) is 23.0. The standard InChI is InChI=1S/C28H24ClF4N7O3/c29-22-4-2-1-3-21(22)26(27(42)37-19-11-28(32,33)12-19)39(20-9-17(30)8-18(31)10-20)40(43)24-14-35-15-25(41)38(24)23-7-16(13-34)5-6-36-23/h1-10,19,24,26,35,43H,11-12,14-15H2,(H,37,42)/t24-,26+/m1/s1. The van der Waals surface area contributed by atoms with E-state index in [2.05, 4.69) is 15.6 Å². The van der Waals surface area contributed by atoms with Gasteiger partial charge >= 0.3 is 0 Å². The van der Waals surface area contributed by atoms with E-state index in [0.29, 0.717) is 11.2 Å². The fraction of sp³-hybridized carbons (Fsp3) is 0.286. The van der Waals surface area contributed by atoms with Crippen LogP contribution in [0.25, 0.3) is 0 Å². The number of amides is 2. The maximum Gasteiger partial charge on any atom is 0.252 e. The van der Waals surface area contributed by atoms with Crippen molar-refractivity contribution in [3.8, 4) is 6.07 Å². The highest BCUT2D eigenvalue weighted by Gasteiger charge is 2.48. The van der Waals surface area contributed by atoms with E-state index in [1.807, 2.05) is 6.07 Å². The van der Waals surface area contributed by atoms with Crippen molar-refractivity contribution in [2.45, 2.75) is 37.0 Å². The number of aromatic nitrogens is 1. The molecule has 1 aliphatic heterocycles. The molecule has 15 heteroatoms. The molecule has 224 valence electrons. The maximum absolute atomic E-state index is 14.6. The molecule has 1 saturated carbocycles. The Bertz CT molecular complexity index is 1560. The van der Waals surface area contributed by atoms with Gasteiger partial charge in [-0.25, -0.2) is 22.5 Å². The second-order valence-electron chi connectivity index (χ2n) is 10.1. The van der Waals surface area contributed by atoms with Gasteiger partial charge in [0.15, 0.2) is 6.04 Å². The highest BCUT2D eigenvalue weighted by molar-refractivity contribution is 6.31. The molecule has 3 aromatic rings. The van der Waals surface area contributed by atoms with Gasteiger partial charge in [0.05, 0.1) is 23.9 Å². The Labute approximate surface area is 248 Å². The van der Waals surface area contributed by atoms with E-state index in [1.165, 1.54) is 36.5 Å². The number of pyridine rings is 1. The molecule has 2 aromatic carbocycles. The molecule has 0 unspecified atom stereocenters. The second-order valence-corrected chi connectivity index (χ2v) is 10.5. The number of nitriles is 1. The summed E-state index contributed by atoms with van der Waals surface area (Å²) in [5.74, 6) is -6.59. The Kier molecular flexibility index (Phi) is 8.52. The van der Waals surface area contributed by atoms with Crippen molar-refractivity contribution < 1.29 is 32.4 Å². The Morgan fingerprint density at radius 1 is 1.19 bits per heavy atom. The smallest absolute Gasteiger partial charge is 0.252 e. The van der Waals surface area contributed by atoms with Crippen LogP contribution < -0.4 is 20.5 Å². The van der Waals surface area contributed by atoms with Crippen LogP contribution in [0.1, 0.15) is 30.0 Å². The minimum Gasteiger partial charge on any atom is -0.351 e. The first kappa shape index (κ1) is 30.2. The third-order valence-electron chi connectivity index (χ3n) is 7.02. The number of benzene rings is 2. The summed E-state index contributed by atoms with van der Waals surface area (Å²) >= 11 is 6.47. The molecule has 2 heterocycles. The van der Waals surface area contributed by atoms with Gasteiger partial charge in [-0.3, -0.25) is 24.7 Å². The number of rotatable bonds is 8. The average molecular weight is 618 g/mol. The summed E-state index contributed by atoms with van der Waals surface area (Å²) < 4.78 is 56.4. The highest BCUT2D eigenvalue weighted by Crippen LogP contribution is 2.39. The summed E-state index contributed by atoms with van der Waals surface area (Å²) in [5, 5.41) is 27.8. The van der Waals surface area contributed by atoms with E-state index in [-0.39, 0.29) is 40.7 Å². The average Bonchev–Trinajstić information content (AvgIpc) is 2.94. The van der Waals surface area contributed by atoms with E-state index in [9.17, 15) is 37.6 Å². The van der Waals surface area contributed by atoms with Crippen molar-refractivity contribution in [3.63, 3.8) is 0 Å². The Morgan fingerprint density at radius 2 is 1.88 bits per heavy atom. The number of nitrogens with one attached hydrogen (secondary N) is 2. The predicted molar refractivity (Wildman–Crippen MR) is 146 cm³/mol. The molecule has 10 nitrogen and oxygen atoms in total. The van der Waals surface area contributed by atoms with E-state index in [4.69, 9.17) is 11.6 Å². The first-order valence-electron chi connectivity index (χ1n) is 13.0. The first-order valence-corrected chi connectivity index (χ1v) is 13.4. The van der Waals surface area contributed by atoms with Gasteiger partial charge in [0.2, 0.25) is 11.8 Å². The molecule has 2 amide bonds. The number of hydrazine groups is 1. The monoisotopic (exact) mass is 617 g/mol. The molecule has 2 aliphatic rings. The number of nitrogens with zero attached hydrogens (tertiary/aromatic N) is 5. The maximum atomic E-state index is 14.6. The molecule has 2 fully saturated rings. The topological polar surface area (TPSA) is 125 Å². The van der Waals surface area contributed by atoms with E-state index < -0.39 is 60.5 Å². The summed E-state index contributed by atoms with van der Waals surface area (Å²) in [6.07, 6.45) is -1.35. The van der Waals surface area contributed by atoms with Crippen LogP contribution in [0.15, 0.2) is 60.8 Å². The summed E-state index contributed by atoms with van der Waals surface area (Å²) in [7, 11) is 0. The number of hydrogen-bond acceptors (Lipinski definition) is 8. The number of alkyl halides is 2. The summed E-state index contributed by atoms with van der Waals surface area (Å²) in [6, 6.07) is 10.3. The van der Waals surface area contributed by atoms with Gasteiger partial charge < -0.3 is 10.6 Å². The van der Waals surface area contributed by atoms with E-state index in [0.717, 1.165) is 22.0 Å². The van der Waals surface area contributed by atoms with Gasteiger partial charge in [-0.05, 0) is 30.3 Å². The molecule has 5 rings (SSSR count). The molecular weight excluding hydrogens is 594 g/mol. The third-order valence-corrected chi connectivity index (χ3v) is 7.36. The largest absolute Gasteiger partial charge is 0.351 e. The van der Waals surface area contributed by atoms with Gasteiger partial charge in [-0.15, -0.1) is 0 Å². The molecule has 1 saturated heterocycles. The van der Waals surface area contributed by atoms with Crippen molar-refractivity contribution in [2.24, 2.45) is 0 Å². The Hall–Kier alpha value is -4.29. The number of carbonyl (C=O) groups excluding carboxylic acids is 2. The van der Waals surface area contributed by atoms with Crippen LogP contribution in [-0.4, -0.2) is 58.4 Å². The van der Waals surface area contributed by atoms with Crippen molar-refractivity contribution in [3.05, 3.63) is 88.6 Å². The lowest BCUT2D eigenvalue weighted by molar-refractivity contribution is -0.159. The lowest BCUT2D eigenvalue weighted by atomic mass is 9.88. The molecule has 0 bridgehead atoms. The summed E-state index contributed by atoms with van der Waals surface area (Å²) in [6.45, 7) is -0.317. The van der Waals surface area contributed by atoms with Crippen LogP contribution in [0, 0.1) is 23.0 Å². The van der Waals surface area contributed by atoms with Gasteiger partial charge in [-0.2, -0.15) is 5.26 Å². The van der Waals surface area contributed by atoms with E-state index >= 15 is 0 Å². The van der Waals surface area contributed by atoms with Crippen molar-refractivity contribution in [2.75, 3.05) is 23.0 Å². The van der Waals surface area contributed by atoms with Crippen LogP contribution >= 0.6 is 11.6 Å². The third kappa shape index (κ3) is 6.40. The SMILES string of the molecule is N#Cc1ccnc(N2C(=O)CNC[C@H]2N(O)N(c2cc(F)cc(F)c2)[C@H](C(=O)NC2CC(F)(F)C2)c2ccccc2Cl)c1. The van der Waals surface area contributed by atoms with Gasteiger partial charge in [0, 0.05) is 48.3 Å². The number of anilines is 2. The molecule has 2 atom stereocenters. The number of carbonyl (C=O) groups is 2. The van der Waals surface area contributed by atoms with Gasteiger partial charge in [-0.1, -0.05) is 35.0 Å². The van der Waals surface area contributed by atoms with E-state index in [1.54, 1.807) is 6.07 Å². The number of halogens is 5. The molecule has 1 aliphatic carbocycles. The first-order chi connectivity index (χ1) is 20.5. The minimum atomic E-state index is -2.97. The Balaban J connectivity index is 1.64. The highest BCUT2D eigenvalue weighted by atomic mass is 35.5. The minimum absolute atomic E-state index is 0.0181. The predicted octanol–water partition coefficient (Wildman–Crippen LogP) is 3.92. The van der Waals surface area contributed by atoms with Crippen molar-refractivity contribution >= 4 is 34.9 Å². The second kappa shape index (κ2) is 12.1. The fourth-order valence-electron chi connectivity index (χ4n) is 5.06. The zero-order valence-electron chi connectivity index (χ0n) is 22.2. The van der Waals surface area contributed by atoms with Crippen LogP contribution in [0.2, 0.25) is 5.02 Å². The van der Waals surface area contributed by atoms with Gasteiger partial charge in [0.25, 0.3) is 5.92 Å². The van der Waals surface area contributed by atoms with Crippen LogP contribution in [0.3, 0.4) is 0 Å². The molecule has 0 radical (unpaired) electrons. The van der Waals surface area contributed by atoms with Crippen molar-refractivity contribution in [1.82, 2.24) is 20.8 Å². The van der Waals surface area contributed by atoms with Crippen LogP contribution in [0.5, 0.6) is 0 Å².